The molecule has 0 bridgehead atoms. The van der Waals surface area contributed by atoms with Gasteiger partial charge in [-0.05, 0) is 24.3 Å². The van der Waals surface area contributed by atoms with Gasteiger partial charge in [0.1, 0.15) is 11.6 Å². The lowest BCUT2D eigenvalue weighted by molar-refractivity contribution is -0.108. The molecule has 0 saturated heterocycles. The molecule has 0 aliphatic carbocycles. The molecule has 0 aliphatic heterocycles. The largest absolute Gasteiger partial charge is 0.352 e. The molecule has 96 valence electrons. The average Bonchev–Trinajstić information content (AvgIpc) is 2.74. The van der Waals surface area contributed by atoms with Crippen LogP contribution in [0.25, 0.3) is 11.3 Å². The molecule has 0 radical (unpaired) electrons. The third-order valence-corrected chi connectivity index (χ3v) is 2.61. The second-order valence-corrected chi connectivity index (χ2v) is 3.76. The van der Waals surface area contributed by atoms with E-state index in [2.05, 4.69) is 4.98 Å². The molecule has 5 heteroatoms. The third-order valence-electron chi connectivity index (χ3n) is 2.61. The van der Waals surface area contributed by atoms with Crippen molar-refractivity contribution in [2.45, 2.75) is 6.29 Å². The Hall–Kier alpha value is -1.72. The Morgan fingerprint density at radius 1 is 1.06 bits per heavy atom. The molecule has 3 nitrogen and oxygen atoms in total. The van der Waals surface area contributed by atoms with Crippen molar-refractivity contribution in [1.82, 2.24) is 4.98 Å². The minimum Gasteiger partial charge on any atom is -0.352 e. The van der Waals surface area contributed by atoms with Crippen LogP contribution in [0.4, 0.5) is 8.78 Å². The van der Waals surface area contributed by atoms with Crippen LogP contribution in [0.15, 0.2) is 30.3 Å². The van der Waals surface area contributed by atoms with Crippen molar-refractivity contribution in [3.8, 4) is 11.3 Å². The molecule has 0 fully saturated rings. The highest BCUT2D eigenvalue weighted by Crippen LogP contribution is 2.26. The molecular weight excluding hydrogens is 240 g/mol. The van der Waals surface area contributed by atoms with Crippen molar-refractivity contribution in [3.05, 3.63) is 47.7 Å². The van der Waals surface area contributed by atoms with Crippen LogP contribution in [0.3, 0.4) is 0 Å². The Kier molecular flexibility index (Phi) is 3.74. The van der Waals surface area contributed by atoms with E-state index in [1.54, 1.807) is 0 Å². The number of H-pyrrole nitrogens is 1. The van der Waals surface area contributed by atoms with Crippen molar-refractivity contribution in [1.29, 1.82) is 0 Å². The monoisotopic (exact) mass is 253 g/mol. The van der Waals surface area contributed by atoms with E-state index in [-0.39, 0.29) is 11.5 Å². The Morgan fingerprint density at radius 2 is 1.67 bits per heavy atom. The van der Waals surface area contributed by atoms with Gasteiger partial charge in [0.05, 0.1) is 11.4 Å². The molecule has 2 rings (SSSR count). The summed E-state index contributed by atoms with van der Waals surface area (Å²) < 4.78 is 36.7. The van der Waals surface area contributed by atoms with Crippen LogP contribution in [0.1, 0.15) is 12.0 Å². The Balaban J connectivity index is 2.37. The molecule has 1 heterocycles. The lowest BCUT2D eigenvalue weighted by Gasteiger charge is -2.10. The SMILES string of the molecule is COC(OC)c1cc(F)c(-c2ccc(F)cc2)[nH]1. The Morgan fingerprint density at radius 3 is 2.22 bits per heavy atom. The highest BCUT2D eigenvalue weighted by Gasteiger charge is 2.16. The fourth-order valence-electron chi connectivity index (χ4n) is 1.75. The lowest BCUT2D eigenvalue weighted by atomic mass is 10.1. The van der Waals surface area contributed by atoms with Gasteiger partial charge >= 0.3 is 0 Å². The van der Waals surface area contributed by atoms with E-state index in [0.29, 0.717) is 11.3 Å². The van der Waals surface area contributed by atoms with Gasteiger partial charge in [0.2, 0.25) is 0 Å². The maximum absolute atomic E-state index is 13.8. The zero-order valence-electron chi connectivity index (χ0n) is 10.0. The number of halogens is 2. The molecule has 1 aromatic carbocycles. The maximum Gasteiger partial charge on any atom is 0.198 e. The van der Waals surface area contributed by atoms with Gasteiger partial charge in [-0.2, -0.15) is 0 Å². The predicted octanol–water partition coefficient (Wildman–Crippen LogP) is 3.25. The van der Waals surface area contributed by atoms with E-state index in [4.69, 9.17) is 9.47 Å². The zero-order valence-corrected chi connectivity index (χ0v) is 10.0. The van der Waals surface area contributed by atoms with Gasteiger partial charge in [-0.1, -0.05) is 0 Å². The van der Waals surface area contributed by atoms with Crippen LogP contribution < -0.4 is 0 Å². The third kappa shape index (κ3) is 2.42. The zero-order chi connectivity index (χ0) is 13.1. The molecule has 0 atom stereocenters. The van der Waals surface area contributed by atoms with E-state index in [1.807, 2.05) is 0 Å². The summed E-state index contributed by atoms with van der Waals surface area (Å²) in [6.07, 6.45) is -0.659. The van der Waals surface area contributed by atoms with Gasteiger partial charge < -0.3 is 14.5 Å². The first-order valence-corrected chi connectivity index (χ1v) is 5.35. The van der Waals surface area contributed by atoms with E-state index < -0.39 is 12.1 Å². The molecule has 0 spiro atoms. The van der Waals surface area contributed by atoms with Crippen molar-refractivity contribution >= 4 is 0 Å². The lowest BCUT2D eigenvalue weighted by Crippen LogP contribution is -2.03. The highest BCUT2D eigenvalue weighted by molar-refractivity contribution is 5.60. The molecule has 1 aromatic heterocycles. The molecular formula is C13H13F2NO2. The number of hydrogen-bond donors (Lipinski definition) is 1. The van der Waals surface area contributed by atoms with Crippen LogP contribution >= 0.6 is 0 Å². The van der Waals surface area contributed by atoms with Crippen LogP contribution in [0, 0.1) is 11.6 Å². The Labute approximate surface area is 103 Å². The number of hydrogen-bond acceptors (Lipinski definition) is 2. The maximum atomic E-state index is 13.8. The molecule has 2 aromatic rings. The quantitative estimate of drug-likeness (QED) is 0.849. The summed E-state index contributed by atoms with van der Waals surface area (Å²) in [4.78, 5) is 2.87. The predicted molar refractivity (Wildman–Crippen MR) is 62.9 cm³/mol. The fraction of sp³-hybridized carbons (Fsp3) is 0.231. The first-order valence-electron chi connectivity index (χ1n) is 5.35. The molecule has 18 heavy (non-hydrogen) atoms. The van der Waals surface area contributed by atoms with Crippen LogP contribution in [0.5, 0.6) is 0 Å². The number of benzene rings is 1. The summed E-state index contributed by atoms with van der Waals surface area (Å²) in [5.41, 5.74) is 1.31. The van der Waals surface area contributed by atoms with Crippen LogP contribution in [-0.2, 0) is 9.47 Å². The van der Waals surface area contributed by atoms with Gasteiger partial charge in [-0.25, -0.2) is 8.78 Å². The second kappa shape index (κ2) is 5.29. The summed E-state index contributed by atoms with van der Waals surface area (Å²) in [5, 5.41) is 0. The average molecular weight is 253 g/mol. The van der Waals surface area contributed by atoms with Crippen molar-refractivity contribution in [3.63, 3.8) is 0 Å². The van der Waals surface area contributed by atoms with Crippen molar-refractivity contribution < 1.29 is 18.3 Å². The van der Waals surface area contributed by atoms with Crippen LogP contribution in [0.2, 0.25) is 0 Å². The minimum atomic E-state index is -0.659. The molecule has 1 N–H and O–H groups in total. The number of rotatable bonds is 4. The van der Waals surface area contributed by atoms with Gasteiger partial charge in [0, 0.05) is 25.8 Å². The molecule has 0 amide bonds. The van der Waals surface area contributed by atoms with E-state index in [9.17, 15) is 8.78 Å². The van der Waals surface area contributed by atoms with E-state index >= 15 is 0 Å². The summed E-state index contributed by atoms with van der Waals surface area (Å²) in [6, 6.07) is 6.86. The number of methoxy groups -OCH3 is 2. The number of aromatic amines is 1. The highest BCUT2D eigenvalue weighted by atomic mass is 19.1. The van der Waals surface area contributed by atoms with E-state index in [1.165, 1.54) is 44.6 Å². The van der Waals surface area contributed by atoms with Gasteiger partial charge in [-0.15, -0.1) is 0 Å². The number of ether oxygens (including phenoxy) is 2. The van der Waals surface area contributed by atoms with Gasteiger partial charge in [-0.3, -0.25) is 0 Å². The summed E-state index contributed by atoms with van der Waals surface area (Å²) >= 11 is 0. The Bertz CT molecular complexity index is 518. The smallest absolute Gasteiger partial charge is 0.198 e. The topological polar surface area (TPSA) is 34.2 Å². The number of aromatic nitrogens is 1. The second-order valence-electron chi connectivity index (χ2n) is 3.76. The van der Waals surface area contributed by atoms with Gasteiger partial charge in [0.25, 0.3) is 0 Å². The normalized spacial score (nSPS) is 11.2. The summed E-state index contributed by atoms with van der Waals surface area (Å²) in [6.45, 7) is 0. The first-order chi connectivity index (χ1) is 8.65. The molecule has 0 unspecified atom stereocenters. The van der Waals surface area contributed by atoms with Crippen molar-refractivity contribution in [2.24, 2.45) is 0 Å². The summed E-state index contributed by atoms with van der Waals surface area (Å²) in [7, 11) is 2.93. The molecule has 0 saturated carbocycles. The molecule has 0 aliphatic rings. The minimum absolute atomic E-state index is 0.282. The fourth-order valence-corrected chi connectivity index (χ4v) is 1.75. The van der Waals surface area contributed by atoms with Crippen molar-refractivity contribution in [2.75, 3.05) is 14.2 Å². The van der Waals surface area contributed by atoms with Gasteiger partial charge in [0.15, 0.2) is 6.29 Å². The number of nitrogens with one attached hydrogen (secondary N) is 1. The summed E-state index contributed by atoms with van der Waals surface area (Å²) in [5.74, 6) is -0.798. The first kappa shape index (κ1) is 12.7. The standard InChI is InChI=1S/C13H13F2NO2/c1-17-13(18-2)11-7-10(15)12(16-11)8-3-5-9(14)6-4-8/h3-7,13,16H,1-2H3. The van der Waals surface area contributed by atoms with E-state index in [0.717, 1.165) is 0 Å². The van der Waals surface area contributed by atoms with Crippen LogP contribution in [-0.4, -0.2) is 19.2 Å².